The van der Waals surface area contributed by atoms with Gasteiger partial charge < -0.3 is 5.73 Å². The molecule has 2 aromatic rings. The Balaban J connectivity index is 2.10. The zero-order valence-corrected chi connectivity index (χ0v) is 12.9. The van der Waals surface area contributed by atoms with Crippen LogP contribution in [-0.4, -0.2) is 11.8 Å². The van der Waals surface area contributed by atoms with Gasteiger partial charge in [-0.1, -0.05) is 67.6 Å². The van der Waals surface area contributed by atoms with E-state index in [1.54, 1.807) is 0 Å². The van der Waals surface area contributed by atoms with Crippen LogP contribution in [-0.2, 0) is 6.42 Å². The van der Waals surface area contributed by atoms with Crippen molar-refractivity contribution < 1.29 is 0 Å². The fourth-order valence-electron chi connectivity index (χ4n) is 2.35. The van der Waals surface area contributed by atoms with Crippen molar-refractivity contribution in [2.75, 3.05) is 5.75 Å². The molecule has 0 amide bonds. The second kappa shape index (κ2) is 8.13. The van der Waals surface area contributed by atoms with E-state index in [-0.39, 0.29) is 6.04 Å². The molecule has 0 aromatic heterocycles. The quantitative estimate of drug-likeness (QED) is 0.814. The number of thioether (sulfide) groups is 1. The summed E-state index contributed by atoms with van der Waals surface area (Å²) in [6, 6.07) is 21.3. The molecule has 0 radical (unpaired) electrons. The summed E-state index contributed by atoms with van der Waals surface area (Å²) in [6.45, 7) is 2.22. The minimum Gasteiger partial charge on any atom is -0.326 e. The summed E-state index contributed by atoms with van der Waals surface area (Å²) < 4.78 is 0. The summed E-state index contributed by atoms with van der Waals surface area (Å²) in [5.41, 5.74) is 9.16. The lowest BCUT2D eigenvalue weighted by atomic mass is 9.99. The van der Waals surface area contributed by atoms with E-state index in [1.165, 1.54) is 17.5 Å². The minimum atomic E-state index is 0.149. The fraction of sp³-hybridized carbons (Fsp3) is 0.333. The van der Waals surface area contributed by atoms with Gasteiger partial charge in [0.25, 0.3) is 0 Å². The van der Waals surface area contributed by atoms with Crippen molar-refractivity contribution in [1.82, 2.24) is 0 Å². The van der Waals surface area contributed by atoms with Gasteiger partial charge in [0.15, 0.2) is 0 Å². The molecule has 2 aromatic carbocycles. The topological polar surface area (TPSA) is 26.0 Å². The van der Waals surface area contributed by atoms with Gasteiger partial charge in [-0.05, 0) is 29.7 Å². The van der Waals surface area contributed by atoms with Crippen molar-refractivity contribution in [2.24, 2.45) is 5.73 Å². The van der Waals surface area contributed by atoms with E-state index in [2.05, 4.69) is 67.6 Å². The van der Waals surface area contributed by atoms with Crippen LogP contribution in [0.3, 0.4) is 0 Å². The molecule has 2 unspecified atom stereocenters. The number of benzene rings is 2. The van der Waals surface area contributed by atoms with Crippen LogP contribution >= 0.6 is 11.8 Å². The van der Waals surface area contributed by atoms with Gasteiger partial charge in [0.05, 0.1) is 0 Å². The lowest BCUT2D eigenvalue weighted by Gasteiger charge is -2.24. The third kappa shape index (κ3) is 4.39. The third-order valence-corrected chi connectivity index (χ3v) is 4.96. The molecular weight excluding hydrogens is 262 g/mol. The SMILES string of the molecule is CCCSC(c1ccccc1)C(N)Cc1ccccc1. The molecule has 106 valence electrons. The maximum atomic E-state index is 6.50. The van der Waals surface area contributed by atoms with Gasteiger partial charge in [-0.25, -0.2) is 0 Å². The summed E-state index contributed by atoms with van der Waals surface area (Å²) in [5, 5.41) is 0.372. The molecule has 0 saturated carbocycles. The van der Waals surface area contributed by atoms with Gasteiger partial charge in [0, 0.05) is 11.3 Å². The first-order valence-electron chi connectivity index (χ1n) is 7.27. The Morgan fingerprint density at radius 2 is 1.55 bits per heavy atom. The zero-order valence-electron chi connectivity index (χ0n) is 12.0. The van der Waals surface area contributed by atoms with Gasteiger partial charge in [0.1, 0.15) is 0 Å². The van der Waals surface area contributed by atoms with Crippen LogP contribution in [0.2, 0.25) is 0 Å². The smallest absolute Gasteiger partial charge is 0.0451 e. The molecule has 0 saturated heterocycles. The molecule has 20 heavy (non-hydrogen) atoms. The first-order chi connectivity index (χ1) is 9.81. The van der Waals surface area contributed by atoms with Crippen molar-refractivity contribution in [3.8, 4) is 0 Å². The maximum absolute atomic E-state index is 6.50. The van der Waals surface area contributed by atoms with Gasteiger partial charge in [-0.15, -0.1) is 0 Å². The highest BCUT2D eigenvalue weighted by molar-refractivity contribution is 7.99. The Hall–Kier alpha value is -1.25. The standard InChI is InChI=1S/C18H23NS/c1-2-13-20-18(16-11-7-4-8-12-16)17(19)14-15-9-5-3-6-10-15/h3-12,17-18H,2,13-14,19H2,1H3. The number of nitrogens with two attached hydrogens (primary N) is 1. The highest BCUT2D eigenvalue weighted by atomic mass is 32.2. The Kier molecular flexibility index (Phi) is 6.16. The predicted molar refractivity (Wildman–Crippen MR) is 90.1 cm³/mol. The van der Waals surface area contributed by atoms with E-state index >= 15 is 0 Å². The summed E-state index contributed by atoms with van der Waals surface area (Å²) in [6.07, 6.45) is 2.11. The highest BCUT2D eigenvalue weighted by Gasteiger charge is 2.20. The number of hydrogen-bond acceptors (Lipinski definition) is 2. The van der Waals surface area contributed by atoms with Gasteiger partial charge in [-0.2, -0.15) is 11.8 Å². The van der Waals surface area contributed by atoms with E-state index in [0.717, 1.165) is 12.2 Å². The van der Waals surface area contributed by atoms with Crippen molar-refractivity contribution in [3.63, 3.8) is 0 Å². The molecule has 2 N–H and O–H groups in total. The molecule has 0 fully saturated rings. The normalized spacial score (nSPS) is 13.9. The summed E-state index contributed by atoms with van der Waals surface area (Å²) in [7, 11) is 0. The molecule has 0 bridgehead atoms. The van der Waals surface area contributed by atoms with Crippen LogP contribution < -0.4 is 5.73 Å². The molecular formula is C18H23NS. The van der Waals surface area contributed by atoms with Crippen LogP contribution in [0.4, 0.5) is 0 Å². The van der Waals surface area contributed by atoms with Gasteiger partial charge in [0.2, 0.25) is 0 Å². The van der Waals surface area contributed by atoms with Crippen LogP contribution in [0.5, 0.6) is 0 Å². The van der Waals surface area contributed by atoms with Crippen LogP contribution in [0.25, 0.3) is 0 Å². The van der Waals surface area contributed by atoms with E-state index in [0.29, 0.717) is 5.25 Å². The molecule has 0 aliphatic carbocycles. The summed E-state index contributed by atoms with van der Waals surface area (Å²) in [5.74, 6) is 1.15. The molecule has 1 nitrogen and oxygen atoms in total. The highest BCUT2D eigenvalue weighted by Crippen LogP contribution is 2.33. The van der Waals surface area contributed by atoms with E-state index in [1.807, 2.05) is 11.8 Å². The molecule has 2 heteroatoms. The molecule has 2 rings (SSSR count). The van der Waals surface area contributed by atoms with Crippen molar-refractivity contribution in [2.45, 2.75) is 31.1 Å². The molecule has 0 heterocycles. The van der Waals surface area contributed by atoms with Gasteiger partial charge >= 0.3 is 0 Å². The maximum Gasteiger partial charge on any atom is 0.0451 e. The minimum absolute atomic E-state index is 0.149. The molecule has 2 atom stereocenters. The zero-order chi connectivity index (χ0) is 14.2. The third-order valence-electron chi connectivity index (χ3n) is 3.33. The predicted octanol–water partition coefficient (Wildman–Crippen LogP) is 4.44. The lowest BCUT2D eigenvalue weighted by molar-refractivity contribution is 0.651. The van der Waals surface area contributed by atoms with Gasteiger partial charge in [-0.3, -0.25) is 0 Å². The average Bonchev–Trinajstić information content (AvgIpc) is 2.50. The first kappa shape index (κ1) is 15.1. The van der Waals surface area contributed by atoms with Crippen LogP contribution in [0.15, 0.2) is 60.7 Å². The lowest BCUT2D eigenvalue weighted by Crippen LogP contribution is -2.29. The first-order valence-corrected chi connectivity index (χ1v) is 8.32. The van der Waals surface area contributed by atoms with E-state index in [4.69, 9.17) is 5.73 Å². The Bertz CT molecular complexity index is 483. The van der Waals surface area contributed by atoms with Crippen molar-refractivity contribution in [1.29, 1.82) is 0 Å². The molecule has 0 aliphatic rings. The van der Waals surface area contributed by atoms with E-state index in [9.17, 15) is 0 Å². The second-order valence-corrected chi connectivity index (χ2v) is 6.31. The van der Waals surface area contributed by atoms with Crippen molar-refractivity contribution in [3.05, 3.63) is 71.8 Å². The fourth-order valence-corrected chi connectivity index (χ4v) is 3.53. The average molecular weight is 285 g/mol. The largest absolute Gasteiger partial charge is 0.326 e. The van der Waals surface area contributed by atoms with E-state index < -0.39 is 0 Å². The monoisotopic (exact) mass is 285 g/mol. The Morgan fingerprint density at radius 3 is 2.15 bits per heavy atom. The number of hydrogen-bond donors (Lipinski definition) is 1. The van der Waals surface area contributed by atoms with Crippen LogP contribution in [0, 0.1) is 0 Å². The Labute approximate surface area is 126 Å². The Morgan fingerprint density at radius 1 is 0.950 bits per heavy atom. The second-order valence-electron chi connectivity index (χ2n) is 5.06. The number of rotatable bonds is 7. The summed E-state index contributed by atoms with van der Waals surface area (Å²) in [4.78, 5) is 0. The molecule has 0 aliphatic heterocycles. The van der Waals surface area contributed by atoms with Crippen LogP contribution in [0.1, 0.15) is 29.7 Å². The molecule has 0 spiro atoms. The van der Waals surface area contributed by atoms with Crippen molar-refractivity contribution >= 4 is 11.8 Å². The summed E-state index contributed by atoms with van der Waals surface area (Å²) >= 11 is 1.98.